The predicted molar refractivity (Wildman–Crippen MR) is 140 cm³/mol. The van der Waals surface area contributed by atoms with E-state index in [1.165, 1.54) is 0 Å². The first-order valence-corrected chi connectivity index (χ1v) is 12.6. The Bertz CT molecular complexity index is 1290. The van der Waals surface area contributed by atoms with Gasteiger partial charge in [0.1, 0.15) is 12.4 Å². The molecule has 0 atom stereocenters. The van der Waals surface area contributed by atoms with Gasteiger partial charge in [-0.2, -0.15) is 0 Å². The molecule has 0 radical (unpaired) electrons. The van der Waals surface area contributed by atoms with Crippen LogP contribution in [0.25, 0.3) is 11.1 Å². The lowest BCUT2D eigenvalue weighted by atomic mass is 9.97. The number of nitrogens with zero attached hydrogens (tertiary/aromatic N) is 2. The highest BCUT2D eigenvalue weighted by Gasteiger charge is 2.38. The summed E-state index contributed by atoms with van der Waals surface area (Å²) >= 11 is 0. The Labute approximate surface area is 212 Å². The number of hydrogen-bond donors (Lipinski definition) is 2. The molecular weight excluding hydrogens is 452 g/mol. The SMILES string of the molecule is CC(C)(C)NC(=O)N1CCn2c(c(C(N)=O)c(-c3cccc(OCc4ccccc4)c3)c2C2CC2)C1. The minimum atomic E-state index is -0.464. The maximum atomic E-state index is 12.9. The van der Waals surface area contributed by atoms with Crippen LogP contribution in [0.3, 0.4) is 0 Å². The van der Waals surface area contributed by atoms with Crippen LogP contribution in [0.2, 0.25) is 0 Å². The van der Waals surface area contributed by atoms with E-state index in [4.69, 9.17) is 10.5 Å². The number of hydrogen-bond acceptors (Lipinski definition) is 3. The number of benzene rings is 2. The second-order valence-corrected chi connectivity index (χ2v) is 10.8. The number of nitrogens with one attached hydrogen (secondary N) is 1. The van der Waals surface area contributed by atoms with Gasteiger partial charge in [-0.1, -0.05) is 42.5 Å². The van der Waals surface area contributed by atoms with Crippen molar-refractivity contribution < 1.29 is 14.3 Å². The summed E-state index contributed by atoms with van der Waals surface area (Å²) in [5.41, 5.74) is 11.1. The Hall–Kier alpha value is -3.74. The number of rotatable bonds is 6. The Balaban J connectivity index is 1.51. The van der Waals surface area contributed by atoms with Crippen molar-refractivity contribution in [2.45, 2.75) is 64.8 Å². The zero-order valence-electron chi connectivity index (χ0n) is 21.2. The van der Waals surface area contributed by atoms with E-state index in [0.717, 1.165) is 46.7 Å². The molecule has 0 spiro atoms. The first-order valence-electron chi connectivity index (χ1n) is 12.6. The molecule has 2 aliphatic rings. The second kappa shape index (κ2) is 9.37. The van der Waals surface area contributed by atoms with Crippen LogP contribution in [-0.4, -0.2) is 33.5 Å². The predicted octanol–water partition coefficient (Wildman–Crippen LogP) is 5.03. The lowest BCUT2D eigenvalue weighted by Gasteiger charge is -2.33. The molecular formula is C29H34N4O3. The van der Waals surface area contributed by atoms with E-state index in [2.05, 4.69) is 9.88 Å². The summed E-state index contributed by atoms with van der Waals surface area (Å²) in [4.78, 5) is 27.6. The minimum Gasteiger partial charge on any atom is -0.489 e. The lowest BCUT2D eigenvalue weighted by molar-refractivity contribution is 0.0997. The molecule has 7 heteroatoms. The summed E-state index contributed by atoms with van der Waals surface area (Å²) < 4.78 is 8.32. The number of nitrogens with two attached hydrogens (primary N) is 1. The van der Waals surface area contributed by atoms with E-state index in [1.54, 1.807) is 4.90 Å². The Morgan fingerprint density at radius 3 is 2.47 bits per heavy atom. The van der Waals surface area contributed by atoms with Crippen molar-refractivity contribution in [1.29, 1.82) is 0 Å². The highest BCUT2D eigenvalue weighted by Crippen LogP contribution is 2.48. The highest BCUT2D eigenvalue weighted by molar-refractivity contribution is 6.02. The molecule has 1 aliphatic heterocycles. The summed E-state index contributed by atoms with van der Waals surface area (Å²) in [7, 11) is 0. The van der Waals surface area contributed by atoms with E-state index in [9.17, 15) is 9.59 Å². The summed E-state index contributed by atoms with van der Waals surface area (Å²) in [5.74, 6) is 0.675. The lowest BCUT2D eigenvalue weighted by Crippen LogP contribution is -2.50. The van der Waals surface area contributed by atoms with Crippen molar-refractivity contribution >= 4 is 11.9 Å². The van der Waals surface area contributed by atoms with Crippen LogP contribution < -0.4 is 15.8 Å². The van der Waals surface area contributed by atoms with E-state index in [0.29, 0.717) is 37.7 Å². The molecule has 0 saturated heterocycles. The monoisotopic (exact) mass is 486 g/mol. The van der Waals surface area contributed by atoms with Gasteiger partial charge >= 0.3 is 6.03 Å². The van der Waals surface area contributed by atoms with Crippen LogP contribution in [0.5, 0.6) is 5.75 Å². The number of aromatic nitrogens is 1. The molecule has 3 amide bonds. The van der Waals surface area contributed by atoms with E-state index in [-0.39, 0.29) is 11.6 Å². The third-order valence-corrected chi connectivity index (χ3v) is 6.70. The average Bonchev–Trinajstić information content (AvgIpc) is 3.62. The molecule has 1 aromatic heterocycles. The number of primary amides is 1. The molecule has 3 aromatic rings. The molecule has 2 aromatic carbocycles. The second-order valence-electron chi connectivity index (χ2n) is 10.8. The van der Waals surface area contributed by atoms with Gasteiger partial charge in [0.05, 0.1) is 17.8 Å². The van der Waals surface area contributed by atoms with Crippen molar-refractivity contribution in [2.24, 2.45) is 5.73 Å². The maximum absolute atomic E-state index is 12.9. The van der Waals surface area contributed by atoms with E-state index >= 15 is 0 Å². The van der Waals surface area contributed by atoms with Crippen molar-refractivity contribution in [3.05, 3.63) is 77.1 Å². The Morgan fingerprint density at radius 1 is 1.06 bits per heavy atom. The van der Waals surface area contributed by atoms with Crippen LogP contribution in [0.4, 0.5) is 4.79 Å². The smallest absolute Gasteiger partial charge is 0.318 e. The standard InChI is InChI=1S/C29H34N4O3/c1-29(2,3)31-28(35)32-14-15-33-23(17-32)25(27(30)34)24(26(33)20-12-13-20)21-10-7-11-22(16-21)36-18-19-8-5-4-6-9-19/h4-11,16,20H,12-15,17-18H2,1-3H3,(H2,30,34)(H,31,35). The summed E-state index contributed by atoms with van der Waals surface area (Å²) in [5, 5.41) is 3.04. The van der Waals surface area contributed by atoms with E-state index in [1.807, 2.05) is 75.4 Å². The van der Waals surface area contributed by atoms with Gasteiger partial charge in [0.15, 0.2) is 0 Å². The quantitative estimate of drug-likeness (QED) is 0.512. The average molecular weight is 487 g/mol. The van der Waals surface area contributed by atoms with Crippen LogP contribution in [0.15, 0.2) is 54.6 Å². The molecule has 3 N–H and O–H groups in total. The third kappa shape index (κ3) is 4.96. The molecule has 0 bridgehead atoms. The zero-order chi connectivity index (χ0) is 25.4. The number of ether oxygens (including phenoxy) is 1. The van der Waals surface area contributed by atoms with Crippen molar-refractivity contribution in [2.75, 3.05) is 6.54 Å². The fraction of sp³-hybridized carbons (Fsp3) is 0.379. The van der Waals surface area contributed by atoms with Gasteiger partial charge in [-0.05, 0) is 62.8 Å². The molecule has 1 aliphatic carbocycles. The normalized spacial score (nSPS) is 15.4. The number of amides is 3. The first-order chi connectivity index (χ1) is 17.2. The fourth-order valence-corrected chi connectivity index (χ4v) is 4.98. The van der Waals surface area contributed by atoms with Gasteiger partial charge in [0.2, 0.25) is 0 Å². The largest absolute Gasteiger partial charge is 0.489 e. The van der Waals surface area contributed by atoms with Gasteiger partial charge in [0.25, 0.3) is 5.91 Å². The Kier molecular flexibility index (Phi) is 6.24. The highest BCUT2D eigenvalue weighted by atomic mass is 16.5. The summed E-state index contributed by atoms with van der Waals surface area (Å²) in [6.45, 7) is 7.93. The molecule has 1 saturated carbocycles. The van der Waals surface area contributed by atoms with E-state index < -0.39 is 5.91 Å². The minimum absolute atomic E-state index is 0.129. The molecule has 36 heavy (non-hydrogen) atoms. The van der Waals surface area contributed by atoms with Gasteiger partial charge in [-0.3, -0.25) is 4.79 Å². The maximum Gasteiger partial charge on any atom is 0.318 e. The molecule has 5 rings (SSSR count). The van der Waals surface area contributed by atoms with Gasteiger partial charge in [-0.25, -0.2) is 4.79 Å². The molecule has 2 heterocycles. The molecule has 188 valence electrons. The summed E-state index contributed by atoms with van der Waals surface area (Å²) in [6.07, 6.45) is 2.18. The van der Waals surface area contributed by atoms with Crippen LogP contribution in [0, 0.1) is 0 Å². The fourth-order valence-electron chi connectivity index (χ4n) is 4.98. The van der Waals surface area contributed by atoms with Gasteiger partial charge in [0, 0.05) is 29.9 Å². The van der Waals surface area contributed by atoms with Crippen LogP contribution in [-0.2, 0) is 19.7 Å². The number of fused-ring (bicyclic) bond motifs is 1. The topological polar surface area (TPSA) is 89.6 Å². The number of carbonyl (C=O) groups excluding carboxylic acids is 2. The van der Waals surface area contributed by atoms with Crippen molar-refractivity contribution in [3.63, 3.8) is 0 Å². The first kappa shape index (κ1) is 24.0. The zero-order valence-corrected chi connectivity index (χ0v) is 21.2. The number of carbonyl (C=O) groups is 2. The molecule has 1 fully saturated rings. The van der Waals surface area contributed by atoms with Crippen molar-refractivity contribution in [3.8, 4) is 16.9 Å². The summed E-state index contributed by atoms with van der Waals surface area (Å²) in [6, 6.07) is 17.8. The van der Waals surface area contributed by atoms with Gasteiger partial charge < -0.3 is 25.3 Å². The molecule has 7 nitrogen and oxygen atoms in total. The third-order valence-electron chi connectivity index (χ3n) is 6.70. The van der Waals surface area contributed by atoms with Crippen LogP contribution in [0.1, 0.15) is 66.8 Å². The number of urea groups is 1. The van der Waals surface area contributed by atoms with Crippen molar-refractivity contribution in [1.82, 2.24) is 14.8 Å². The Morgan fingerprint density at radius 2 is 1.81 bits per heavy atom. The van der Waals surface area contributed by atoms with Crippen LogP contribution >= 0.6 is 0 Å². The molecule has 0 unspecified atom stereocenters. The van der Waals surface area contributed by atoms with Gasteiger partial charge in [-0.15, -0.1) is 0 Å².